The average Bonchev–Trinajstić information content (AvgIpc) is 3.59. The Morgan fingerprint density at radius 1 is 1.09 bits per heavy atom. The van der Waals surface area contributed by atoms with Crippen LogP contribution in [0.3, 0.4) is 0 Å². The van der Waals surface area contributed by atoms with Gasteiger partial charge in [0.1, 0.15) is 17.0 Å². The number of aliphatic hydroxyl groups is 1. The zero-order valence-corrected chi connectivity index (χ0v) is 18.3. The van der Waals surface area contributed by atoms with Crippen LogP contribution >= 0.6 is 0 Å². The van der Waals surface area contributed by atoms with Gasteiger partial charge in [-0.25, -0.2) is 4.98 Å². The van der Waals surface area contributed by atoms with Crippen molar-refractivity contribution in [3.8, 4) is 0 Å². The van der Waals surface area contributed by atoms with Gasteiger partial charge in [0.05, 0.1) is 22.5 Å². The minimum absolute atomic E-state index is 0.0950. The Balaban J connectivity index is 1.47. The molecule has 1 fully saturated rings. The molecule has 34 heavy (non-hydrogen) atoms. The number of aromatic nitrogens is 3. The zero-order chi connectivity index (χ0) is 23.2. The maximum atomic E-state index is 13.4. The van der Waals surface area contributed by atoms with E-state index >= 15 is 0 Å². The van der Waals surface area contributed by atoms with Crippen molar-refractivity contribution in [1.29, 1.82) is 0 Å². The number of hydrogen-bond acceptors (Lipinski definition) is 5. The second-order valence-electron chi connectivity index (χ2n) is 8.65. The van der Waals surface area contributed by atoms with Crippen molar-refractivity contribution in [2.45, 2.75) is 25.0 Å². The molecule has 1 aliphatic carbocycles. The van der Waals surface area contributed by atoms with Crippen molar-refractivity contribution >= 4 is 39.4 Å². The highest BCUT2D eigenvalue weighted by Crippen LogP contribution is 2.25. The molecule has 1 atom stereocenters. The van der Waals surface area contributed by atoms with Gasteiger partial charge in [0, 0.05) is 12.6 Å². The van der Waals surface area contributed by atoms with Gasteiger partial charge in [0.25, 0.3) is 5.91 Å². The molecule has 6 rings (SSSR count). The van der Waals surface area contributed by atoms with Crippen LogP contribution in [-0.2, 0) is 0 Å². The number of fused-ring (bicyclic) bond motifs is 5. The second kappa shape index (κ2) is 8.00. The number of benzene rings is 2. The van der Waals surface area contributed by atoms with E-state index in [-0.39, 0.29) is 29.5 Å². The van der Waals surface area contributed by atoms with E-state index in [1.165, 1.54) is 0 Å². The first kappa shape index (κ1) is 20.4. The third kappa shape index (κ3) is 3.48. The Hall–Kier alpha value is -4.17. The molecule has 0 radical (unpaired) electrons. The summed E-state index contributed by atoms with van der Waals surface area (Å²) in [4.78, 5) is 34.4. The van der Waals surface area contributed by atoms with E-state index < -0.39 is 6.10 Å². The van der Waals surface area contributed by atoms with Gasteiger partial charge in [-0.2, -0.15) is 0 Å². The van der Waals surface area contributed by atoms with E-state index in [1.54, 1.807) is 12.1 Å². The van der Waals surface area contributed by atoms with Crippen LogP contribution in [0.15, 0.2) is 71.5 Å². The summed E-state index contributed by atoms with van der Waals surface area (Å²) in [7, 11) is 0. The van der Waals surface area contributed by atoms with Gasteiger partial charge in [-0.3, -0.25) is 14.0 Å². The van der Waals surface area contributed by atoms with Gasteiger partial charge in [0.15, 0.2) is 5.65 Å². The quantitative estimate of drug-likeness (QED) is 0.315. The molecule has 4 N–H and O–H groups in total. The Kier molecular flexibility index (Phi) is 4.81. The number of nitrogens with one attached hydrogen (secondary N) is 3. The summed E-state index contributed by atoms with van der Waals surface area (Å²) in [6, 6.07) is 20.5. The van der Waals surface area contributed by atoms with Crippen LogP contribution in [0, 0.1) is 0 Å². The third-order valence-corrected chi connectivity index (χ3v) is 6.22. The van der Waals surface area contributed by atoms with Crippen LogP contribution in [0.5, 0.6) is 0 Å². The number of carbonyl (C=O) groups excluding carboxylic acids is 1. The minimum atomic E-state index is -0.706. The van der Waals surface area contributed by atoms with Gasteiger partial charge in [-0.05, 0) is 42.7 Å². The van der Waals surface area contributed by atoms with Crippen molar-refractivity contribution in [3.05, 3.63) is 88.1 Å². The fourth-order valence-corrected chi connectivity index (χ4v) is 4.30. The minimum Gasteiger partial charge on any atom is -0.387 e. The molecule has 8 nitrogen and oxygen atoms in total. The lowest BCUT2D eigenvalue weighted by molar-refractivity contribution is 0.0951. The number of aromatic amines is 1. The molecule has 3 aromatic heterocycles. The molecule has 0 spiro atoms. The molecule has 170 valence electrons. The molecule has 2 aromatic carbocycles. The lowest BCUT2D eigenvalue weighted by Gasteiger charge is -2.14. The molecule has 0 saturated heterocycles. The van der Waals surface area contributed by atoms with Gasteiger partial charge in [0.2, 0.25) is 5.43 Å². The summed E-state index contributed by atoms with van der Waals surface area (Å²) >= 11 is 0. The largest absolute Gasteiger partial charge is 0.387 e. The molecule has 1 amide bonds. The molecule has 3 heterocycles. The Morgan fingerprint density at radius 2 is 1.85 bits per heavy atom. The van der Waals surface area contributed by atoms with Gasteiger partial charge < -0.3 is 20.7 Å². The predicted molar refractivity (Wildman–Crippen MR) is 131 cm³/mol. The summed E-state index contributed by atoms with van der Waals surface area (Å²) < 4.78 is 1.83. The number of aliphatic hydroxyl groups excluding tert-OH is 1. The molecule has 5 aromatic rings. The number of amides is 1. The highest BCUT2D eigenvalue weighted by Gasteiger charge is 2.28. The highest BCUT2D eigenvalue weighted by atomic mass is 16.3. The van der Waals surface area contributed by atoms with Crippen LogP contribution in [-0.4, -0.2) is 38.0 Å². The van der Waals surface area contributed by atoms with E-state index in [9.17, 15) is 14.7 Å². The van der Waals surface area contributed by atoms with E-state index in [0.29, 0.717) is 22.5 Å². The van der Waals surface area contributed by atoms with Gasteiger partial charge >= 0.3 is 0 Å². The predicted octanol–water partition coefficient (Wildman–Crippen LogP) is 3.37. The number of hydrogen-bond donors (Lipinski definition) is 4. The van der Waals surface area contributed by atoms with Crippen LogP contribution in [0.2, 0.25) is 0 Å². The number of pyridine rings is 2. The molecule has 1 saturated carbocycles. The highest BCUT2D eigenvalue weighted by molar-refractivity contribution is 6.05. The van der Waals surface area contributed by atoms with Crippen LogP contribution < -0.4 is 16.1 Å². The molecular formula is C26H23N5O3. The number of H-pyrrole nitrogens is 1. The molecule has 8 heteroatoms. The lowest BCUT2D eigenvalue weighted by atomic mass is 10.1. The van der Waals surface area contributed by atoms with Crippen LogP contribution in [0.4, 0.5) is 5.82 Å². The first-order chi connectivity index (χ1) is 16.6. The first-order valence-corrected chi connectivity index (χ1v) is 11.3. The van der Waals surface area contributed by atoms with Crippen molar-refractivity contribution in [3.63, 3.8) is 0 Å². The fourth-order valence-electron chi connectivity index (χ4n) is 4.30. The molecule has 0 aliphatic heterocycles. The first-order valence-electron chi connectivity index (χ1n) is 11.3. The van der Waals surface area contributed by atoms with E-state index in [4.69, 9.17) is 4.98 Å². The summed E-state index contributed by atoms with van der Waals surface area (Å²) in [5, 5.41) is 17.0. The number of nitrogens with zero attached hydrogens (tertiary/aromatic N) is 2. The van der Waals surface area contributed by atoms with Crippen molar-refractivity contribution in [2.24, 2.45) is 0 Å². The Bertz CT molecular complexity index is 1600. The number of rotatable bonds is 6. The molecule has 0 bridgehead atoms. The van der Waals surface area contributed by atoms with Gasteiger partial charge in [-0.15, -0.1) is 0 Å². The number of para-hydroxylation sites is 2. The lowest BCUT2D eigenvalue weighted by Crippen LogP contribution is -2.31. The van der Waals surface area contributed by atoms with Crippen LogP contribution in [0.1, 0.15) is 34.9 Å². The normalized spacial score (nSPS) is 14.5. The van der Waals surface area contributed by atoms with Crippen molar-refractivity contribution in [1.82, 2.24) is 19.7 Å². The molecule has 1 unspecified atom stereocenters. The smallest absolute Gasteiger partial charge is 0.259 e. The summed E-state index contributed by atoms with van der Waals surface area (Å²) in [6.07, 6.45) is 1.16. The molecular weight excluding hydrogens is 430 g/mol. The topological polar surface area (TPSA) is 112 Å². The average molecular weight is 454 g/mol. The molecule has 1 aliphatic rings. The zero-order valence-electron chi connectivity index (χ0n) is 18.3. The second-order valence-corrected chi connectivity index (χ2v) is 8.65. The monoisotopic (exact) mass is 453 g/mol. The third-order valence-electron chi connectivity index (χ3n) is 6.22. The van der Waals surface area contributed by atoms with Crippen molar-refractivity contribution in [2.75, 3.05) is 11.9 Å². The summed E-state index contributed by atoms with van der Waals surface area (Å²) in [5.74, 6) is 0.155. The fraction of sp³-hybridized carbons (Fsp3) is 0.192. The van der Waals surface area contributed by atoms with E-state index in [1.807, 2.05) is 59.0 Å². The van der Waals surface area contributed by atoms with E-state index in [2.05, 4.69) is 15.6 Å². The maximum absolute atomic E-state index is 13.4. The standard InChI is InChI=1S/C26H23N5O3/c32-20(15-6-2-1-3-7-15)14-27-21-13-12-17-23(33)22(26(34)28-16-10-11-16)25-29-18-8-4-5-9-19(18)31(25)24(17)30-21/h1-9,12-13,16,20,29,32H,10-11,14H2,(H,27,30)(H,28,34). The summed E-state index contributed by atoms with van der Waals surface area (Å²) in [5.41, 5.74) is 3.02. The number of imidazole rings is 1. The van der Waals surface area contributed by atoms with E-state index in [0.717, 1.165) is 29.4 Å². The SMILES string of the molecule is O=C(NC1CC1)c1c(=O)c2ccc(NCC(O)c3ccccc3)nc2n2c1[nH]c1ccccc12. The van der Waals surface area contributed by atoms with Crippen LogP contribution in [0.25, 0.3) is 27.7 Å². The Morgan fingerprint density at radius 3 is 2.65 bits per heavy atom. The Labute approximate surface area is 194 Å². The number of anilines is 1. The van der Waals surface area contributed by atoms with Crippen molar-refractivity contribution < 1.29 is 9.90 Å². The summed E-state index contributed by atoms with van der Waals surface area (Å²) in [6.45, 7) is 0.260. The maximum Gasteiger partial charge on any atom is 0.259 e. The van der Waals surface area contributed by atoms with Gasteiger partial charge in [-0.1, -0.05) is 42.5 Å². The number of carbonyl (C=O) groups is 1.